The Labute approximate surface area is 121 Å². The highest BCUT2D eigenvalue weighted by molar-refractivity contribution is 7.90. The van der Waals surface area contributed by atoms with Gasteiger partial charge in [0.1, 0.15) is 0 Å². The van der Waals surface area contributed by atoms with Gasteiger partial charge < -0.3 is 10.6 Å². The molecule has 1 aliphatic rings. The van der Waals surface area contributed by atoms with Crippen LogP contribution in [0.3, 0.4) is 0 Å². The number of benzene rings is 1. The summed E-state index contributed by atoms with van der Waals surface area (Å²) < 4.78 is 22.8. The van der Waals surface area contributed by atoms with E-state index in [0.717, 1.165) is 31.6 Å². The van der Waals surface area contributed by atoms with Crippen LogP contribution in [0.25, 0.3) is 0 Å². The van der Waals surface area contributed by atoms with Gasteiger partial charge in [0.2, 0.25) is 0 Å². The maximum Gasteiger partial charge on any atom is 0.175 e. The molecule has 1 heterocycles. The maximum atomic E-state index is 11.4. The Hall–Kier alpha value is -0.910. The number of hydrogen-bond acceptors (Lipinski definition) is 4. The molecule has 1 aromatic rings. The second-order valence-electron chi connectivity index (χ2n) is 5.68. The van der Waals surface area contributed by atoms with Crippen molar-refractivity contribution in [3.8, 4) is 0 Å². The van der Waals surface area contributed by atoms with E-state index < -0.39 is 9.84 Å². The molecule has 2 rings (SSSR count). The Morgan fingerprint density at radius 2 is 2.00 bits per heavy atom. The van der Waals surface area contributed by atoms with Crippen molar-refractivity contribution < 1.29 is 8.42 Å². The van der Waals surface area contributed by atoms with E-state index in [9.17, 15) is 8.42 Å². The summed E-state index contributed by atoms with van der Waals surface area (Å²) in [7, 11) is -3.10. The predicted molar refractivity (Wildman–Crippen MR) is 81.5 cm³/mol. The molecule has 1 fully saturated rings. The molecule has 4 nitrogen and oxygen atoms in total. The van der Waals surface area contributed by atoms with E-state index in [-0.39, 0.29) is 5.54 Å². The summed E-state index contributed by atoms with van der Waals surface area (Å²) in [5.74, 6) is 0. The highest BCUT2D eigenvalue weighted by Gasteiger charge is 2.30. The van der Waals surface area contributed by atoms with Crippen molar-refractivity contribution in [2.45, 2.75) is 43.2 Å². The zero-order valence-electron chi connectivity index (χ0n) is 12.3. The van der Waals surface area contributed by atoms with Crippen LogP contribution in [-0.4, -0.2) is 33.3 Å². The van der Waals surface area contributed by atoms with E-state index in [1.165, 1.54) is 19.1 Å². The molecule has 1 aromatic carbocycles. The quantitative estimate of drug-likeness (QED) is 0.839. The standard InChI is InChI=1S/C15H24N2O2S/c1-3-15(9-4-10-17-15)12-16-11-13-5-7-14(8-6-13)20(2,18)19/h5-8,16-17H,3-4,9-12H2,1-2H3. The van der Waals surface area contributed by atoms with Gasteiger partial charge in [-0.05, 0) is 43.5 Å². The summed E-state index contributed by atoms with van der Waals surface area (Å²) in [6.45, 7) is 5.06. The van der Waals surface area contributed by atoms with E-state index in [4.69, 9.17) is 0 Å². The molecule has 1 unspecified atom stereocenters. The van der Waals surface area contributed by atoms with Gasteiger partial charge in [-0.2, -0.15) is 0 Å². The van der Waals surface area contributed by atoms with E-state index in [2.05, 4.69) is 17.6 Å². The van der Waals surface area contributed by atoms with Gasteiger partial charge in [-0.15, -0.1) is 0 Å². The number of rotatable bonds is 6. The van der Waals surface area contributed by atoms with Gasteiger partial charge in [0.05, 0.1) is 4.90 Å². The highest BCUT2D eigenvalue weighted by Crippen LogP contribution is 2.22. The molecule has 0 amide bonds. The Balaban J connectivity index is 1.88. The van der Waals surface area contributed by atoms with Crippen LogP contribution in [0.5, 0.6) is 0 Å². The Kier molecular flexibility index (Phi) is 4.83. The summed E-state index contributed by atoms with van der Waals surface area (Å²) in [6, 6.07) is 7.11. The Morgan fingerprint density at radius 3 is 2.50 bits per heavy atom. The van der Waals surface area contributed by atoms with Gasteiger partial charge in [-0.3, -0.25) is 0 Å². The van der Waals surface area contributed by atoms with Gasteiger partial charge in [0.25, 0.3) is 0 Å². The Morgan fingerprint density at radius 1 is 1.30 bits per heavy atom. The maximum absolute atomic E-state index is 11.4. The molecule has 0 aromatic heterocycles. The Bertz CT molecular complexity index is 531. The van der Waals surface area contributed by atoms with Gasteiger partial charge in [-0.25, -0.2) is 8.42 Å². The van der Waals surface area contributed by atoms with Crippen LogP contribution in [0.2, 0.25) is 0 Å². The zero-order valence-corrected chi connectivity index (χ0v) is 13.1. The molecule has 1 aliphatic heterocycles. The fraction of sp³-hybridized carbons (Fsp3) is 0.600. The molecule has 0 spiro atoms. The summed E-state index contributed by atoms with van der Waals surface area (Å²) in [5, 5.41) is 7.07. The lowest BCUT2D eigenvalue weighted by Gasteiger charge is -2.28. The third kappa shape index (κ3) is 3.81. The number of sulfone groups is 1. The molecule has 0 radical (unpaired) electrons. The molecule has 0 bridgehead atoms. The molecule has 1 atom stereocenters. The SMILES string of the molecule is CCC1(CNCc2ccc(S(C)(=O)=O)cc2)CCCN1. The lowest BCUT2D eigenvalue weighted by molar-refractivity contribution is 0.340. The van der Waals surface area contributed by atoms with Crippen LogP contribution in [0.1, 0.15) is 31.7 Å². The van der Waals surface area contributed by atoms with Crippen LogP contribution in [0.15, 0.2) is 29.2 Å². The summed E-state index contributed by atoms with van der Waals surface area (Å²) in [5.41, 5.74) is 1.36. The van der Waals surface area contributed by atoms with Crippen LogP contribution in [-0.2, 0) is 16.4 Å². The molecular formula is C15H24N2O2S. The van der Waals surface area contributed by atoms with Crippen molar-refractivity contribution in [1.29, 1.82) is 0 Å². The normalized spacial score (nSPS) is 23.1. The first-order valence-electron chi connectivity index (χ1n) is 7.20. The van der Waals surface area contributed by atoms with Crippen LogP contribution < -0.4 is 10.6 Å². The molecule has 5 heteroatoms. The molecule has 0 aliphatic carbocycles. The van der Waals surface area contributed by atoms with Crippen molar-refractivity contribution in [1.82, 2.24) is 10.6 Å². The van der Waals surface area contributed by atoms with Gasteiger partial charge in [-0.1, -0.05) is 19.1 Å². The highest BCUT2D eigenvalue weighted by atomic mass is 32.2. The largest absolute Gasteiger partial charge is 0.311 e. The second kappa shape index (κ2) is 6.24. The van der Waals surface area contributed by atoms with E-state index in [1.807, 2.05) is 12.1 Å². The molecule has 0 saturated carbocycles. The molecule has 1 saturated heterocycles. The lowest BCUT2D eigenvalue weighted by Crippen LogP contribution is -2.47. The molecule has 112 valence electrons. The average Bonchev–Trinajstić information content (AvgIpc) is 2.88. The van der Waals surface area contributed by atoms with Crippen molar-refractivity contribution in [3.63, 3.8) is 0 Å². The smallest absolute Gasteiger partial charge is 0.175 e. The fourth-order valence-corrected chi connectivity index (χ4v) is 3.38. The van der Waals surface area contributed by atoms with Crippen molar-refractivity contribution in [2.24, 2.45) is 0 Å². The van der Waals surface area contributed by atoms with Crippen molar-refractivity contribution in [3.05, 3.63) is 29.8 Å². The first-order valence-corrected chi connectivity index (χ1v) is 9.09. The first-order chi connectivity index (χ1) is 9.45. The van der Waals surface area contributed by atoms with Crippen LogP contribution in [0.4, 0.5) is 0 Å². The minimum atomic E-state index is -3.10. The van der Waals surface area contributed by atoms with Crippen molar-refractivity contribution in [2.75, 3.05) is 19.3 Å². The third-order valence-corrected chi connectivity index (χ3v) is 5.28. The number of hydrogen-bond donors (Lipinski definition) is 2. The van der Waals surface area contributed by atoms with E-state index >= 15 is 0 Å². The van der Waals surface area contributed by atoms with Gasteiger partial charge in [0.15, 0.2) is 9.84 Å². The molecular weight excluding hydrogens is 272 g/mol. The molecule has 2 N–H and O–H groups in total. The molecule has 20 heavy (non-hydrogen) atoms. The number of nitrogens with one attached hydrogen (secondary N) is 2. The van der Waals surface area contributed by atoms with Crippen molar-refractivity contribution >= 4 is 9.84 Å². The topological polar surface area (TPSA) is 58.2 Å². The third-order valence-electron chi connectivity index (χ3n) is 4.15. The van der Waals surface area contributed by atoms with Crippen LogP contribution in [0, 0.1) is 0 Å². The van der Waals surface area contributed by atoms with Crippen LogP contribution >= 0.6 is 0 Å². The minimum Gasteiger partial charge on any atom is -0.311 e. The van der Waals surface area contributed by atoms with E-state index in [1.54, 1.807) is 12.1 Å². The monoisotopic (exact) mass is 296 g/mol. The fourth-order valence-electron chi connectivity index (χ4n) is 2.75. The predicted octanol–water partition coefficient (Wildman–Crippen LogP) is 1.71. The zero-order chi connectivity index (χ0) is 14.6. The minimum absolute atomic E-state index is 0.243. The second-order valence-corrected chi connectivity index (χ2v) is 7.70. The van der Waals surface area contributed by atoms with Gasteiger partial charge >= 0.3 is 0 Å². The summed E-state index contributed by atoms with van der Waals surface area (Å²) in [6.07, 6.45) is 4.84. The van der Waals surface area contributed by atoms with E-state index in [0.29, 0.717) is 4.90 Å². The average molecular weight is 296 g/mol. The lowest BCUT2D eigenvalue weighted by atomic mass is 9.94. The van der Waals surface area contributed by atoms with Gasteiger partial charge in [0, 0.05) is 24.9 Å². The summed E-state index contributed by atoms with van der Waals surface area (Å²) in [4.78, 5) is 0.378. The first kappa shape index (κ1) is 15.5. The summed E-state index contributed by atoms with van der Waals surface area (Å²) >= 11 is 0.